The minimum Gasteiger partial charge on any atom is -0.338 e. The first-order valence-corrected chi connectivity index (χ1v) is 11.2. The fraction of sp³-hybridized carbons (Fsp3) is 0.250. The second kappa shape index (κ2) is 9.17. The summed E-state index contributed by atoms with van der Waals surface area (Å²) in [5.74, 6) is 1.15. The van der Waals surface area contributed by atoms with E-state index in [4.69, 9.17) is 16.1 Å². The highest BCUT2D eigenvalue weighted by molar-refractivity contribution is 6.30. The zero-order valence-electron chi connectivity index (χ0n) is 18.2. The number of nitrogens with one attached hydrogen (secondary N) is 1. The molecule has 0 saturated carbocycles. The molecule has 0 radical (unpaired) electrons. The Labute approximate surface area is 196 Å². The molecule has 0 aliphatic carbocycles. The fourth-order valence-electron chi connectivity index (χ4n) is 4.01. The molecule has 0 unspecified atom stereocenters. The number of H-pyrrole nitrogens is 1. The summed E-state index contributed by atoms with van der Waals surface area (Å²) >= 11 is 5.99. The van der Waals surface area contributed by atoms with Gasteiger partial charge in [-0.1, -0.05) is 53.2 Å². The Hall–Kier alpha value is -3.49. The first-order valence-electron chi connectivity index (χ1n) is 10.8. The topological polar surface area (TPSA) is 91.2 Å². The Morgan fingerprint density at radius 2 is 1.85 bits per heavy atom. The van der Waals surface area contributed by atoms with Crippen molar-refractivity contribution in [1.82, 2.24) is 30.1 Å². The molecular weight excluding hydrogens is 440 g/mol. The molecule has 4 aromatic rings. The van der Waals surface area contributed by atoms with Gasteiger partial charge in [0, 0.05) is 42.3 Å². The number of amides is 1. The molecule has 1 aliphatic rings. The summed E-state index contributed by atoms with van der Waals surface area (Å²) in [5.41, 5.74) is 4.22. The SMILES string of the molecule is Cc1ccccc1-c1noc(CN2CCN(C(=O)c3cn[nH]c3-c3ccc(Cl)cc3)CC2)n1. The van der Waals surface area contributed by atoms with E-state index in [2.05, 4.69) is 25.2 Å². The van der Waals surface area contributed by atoms with Crippen LogP contribution in [0.5, 0.6) is 0 Å². The van der Waals surface area contributed by atoms with Gasteiger partial charge in [-0.05, 0) is 24.6 Å². The molecule has 2 aromatic heterocycles. The Kier molecular flexibility index (Phi) is 5.93. The molecule has 1 saturated heterocycles. The summed E-state index contributed by atoms with van der Waals surface area (Å²) < 4.78 is 5.48. The van der Waals surface area contributed by atoms with Crippen molar-refractivity contribution in [3.8, 4) is 22.6 Å². The highest BCUT2D eigenvalue weighted by Crippen LogP contribution is 2.25. The maximum absolute atomic E-state index is 13.2. The van der Waals surface area contributed by atoms with Crippen LogP contribution in [0.3, 0.4) is 0 Å². The number of hydrogen-bond donors (Lipinski definition) is 1. The molecule has 2 aromatic carbocycles. The van der Waals surface area contributed by atoms with Crippen LogP contribution in [0, 0.1) is 6.92 Å². The predicted molar refractivity (Wildman–Crippen MR) is 125 cm³/mol. The molecule has 1 aliphatic heterocycles. The van der Waals surface area contributed by atoms with Crippen molar-refractivity contribution in [1.29, 1.82) is 0 Å². The molecule has 3 heterocycles. The molecule has 9 heteroatoms. The lowest BCUT2D eigenvalue weighted by molar-refractivity contribution is 0.0616. The zero-order valence-corrected chi connectivity index (χ0v) is 18.9. The average Bonchev–Trinajstić information content (AvgIpc) is 3.50. The summed E-state index contributed by atoms with van der Waals surface area (Å²) in [7, 11) is 0. The largest absolute Gasteiger partial charge is 0.338 e. The van der Waals surface area contributed by atoms with Gasteiger partial charge in [0.25, 0.3) is 5.91 Å². The van der Waals surface area contributed by atoms with E-state index in [1.165, 1.54) is 0 Å². The van der Waals surface area contributed by atoms with Crippen molar-refractivity contribution in [2.45, 2.75) is 13.5 Å². The van der Waals surface area contributed by atoms with Crippen LogP contribution in [0.25, 0.3) is 22.6 Å². The van der Waals surface area contributed by atoms with Crippen molar-refractivity contribution in [3.05, 3.63) is 76.8 Å². The quantitative estimate of drug-likeness (QED) is 0.481. The van der Waals surface area contributed by atoms with Gasteiger partial charge >= 0.3 is 0 Å². The second-order valence-electron chi connectivity index (χ2n) is 8.06. The standard InChI is InChI=1S/C24H23ClN6O2/c1-16-4-2-3-5-19(16)23-27-21(33-29-23)15-30-10-12-31(13-11-30)24(32)20-14-26-28-22(20)17-6-8-18(25)9-7-17/h2-9,14H,10-13,15H2,1H3,(H,26,28). The van der Waals surface area contributed by atoms with Crippen LogP contribution in [0.1, 0.15) is 21.8 Å². The van der Waals surface area contributed by atoms with E-state index in [1.54, 1.807) is 18.3 Å². The molecule has 1 amide bonds. The first kappa shape index (κ1) is 21.4. The number of halogens is 1. The van der Waals surface area contributed by atoms with Crippen molar-refractivity contribution in [3.63, 3.8) is 0 Å². The number of carbonyl (C=O) groups excluding carboxylic acids is 1. The van der Waals surface area contributed by atoms with Crippen molar-refractivity contribution < 1.29 is 9.32 Å². The maximum atomic E-state index is 13.2. The molecule has 5 rings (SSSR count). The normalized spacial score (nSPS) is 14.5. The molecule has 168 valence electrons. The number of piperazine rings is 1. The van der Waals surface area contributed by atoms with Crippen LogP contribution in [-0.2, 0) is 6.54 Å². The Morgan fingerprint density at radius 1 is 1.09 bits per heavy atom. The van der Waals surface area contributed by atoms with E-state index in [0.29, 0.717) is 47.6 Å². The number of aryl methyl sites for hydroxylation is 1. The molecule has 1 fully saturated rings. The summed E-state index contributed by atoms with van der Waals surface area (Å²) in [4.78, 5) is 21.8. The molecular formula is C24H23ClN6O2. The van der Waals surface area contributed by atoms with Gasteiger partial charge in [-0.2, -0.15) is 10.1 Å². The van der Waals surface area contributed by atoms with Crippen LogP contribution >= 0.6 is 11.6 Å². The third kappa shape index (κ3) is 4.53. The van der Waals surface area contributed by atoms with Crippen LogP contribution in [0.4, 0.5) is 0 Å². The lowest BCUT2D eigenvalue weighted by Gasteiger charge is -2.33. The summed E-state index contributed by atoms with van der Waals surface area (Å²) in [6.07, 6.45) is 1.59. The number of nitrogens with zero attached hydrogens (tertiary/aromatic N) is 5. The number of hydrogen-bond acceptors (Lipinski definition) is 6. The molecule has 1 N–H and O–H groups in total. The van der Waals surface area contributed by atoms with Crippen LogP contribution in [0.15, 0.2) is 59.3 Å². The van der Waals surface area contributed by atoms with Gasteiger partial charge in [-0.15, -0.1) is 0 Å². The van der Waals surface area contributed by atoms with Gasteiger partial charge in [-0.3, -0.25) is 14.8 Å². The highest BCUT2D eigenvalue weighted by atomic mass is 35.5. The van der Waals surface area contributed by atoms with Crippen LogP contribution in [-0.4, -0.2) is 62.2 Å². The lowest BCUT2D eigenvalue weighted by Crippen LogP contribution is -2.48. The molecule has 0 spiro atoms. The minimum absolute atomic E-state index is 0.0343. The summed E-state index contributed by atoms with van der Waals surface area (Å²) in [6.45, 7) is 5.26. The first-order chi connectivity index (χ1) is 16.1. The highest BCUT2D eigenvalue weighted by Gasteiger charge is 2.26. The van der Waals surface area contributed by atoms with E-state index in [9.17, 15) is 4.79 Å². The Balaban J connectivity index is 1.21. The van der Waals surface area contributed by atoms with E-state index in [1.807, 2.05) is 48.2 Å². The number of aromatic amines is 1. The fourth-order valence-corrected chi connectivity index (χ4v) is 4.13. The van der Waals surface area contributed by atoms with Gasteiger partial charge in [0.1, 0.15) is 0 Å². The number of carbonyl (C=O) groups is 1. The smallest absolute Gasteiger partial charge is 0.257 e. The van der Waals surface area contributed by atoms with Gasteiger partial charge in [0.2, 0.25) is 11.7 Å². The van der Waals surface area contributed by atoms with Gasteiger partial charge in [-0.25, -0.2) is 0 Å². The third-order valence-corrected chi connectivity index (χ3v) is 6.13. The minimum atomic E-state index is -0.0343. The predicted octanol–water partition coefficient (Wildman–Crippen LogP) is 4.05. The van der Waals surface area contributed by atoms with E-state index < -0.39 is 0 Å². The van der Waals surface area contributed by atoms with Gasteiger partial charge in [0.15, 0.2) is 0 Å². The number of aromatic nitrogens is 4. The van der Waals surface area contributed by atoms with Crippen molar-refractivity contribution >= 4 is 17.5 Å². The molecule has 33 heavy (non-hydrogen) atoms. The molecule has 8 nitrogen and oxygen atoms in total. The van der Waals surface area contributed by atoms with Crippen LogP contribution < -0.4 is 0 Å². The van der Waals surface area contributed by atoms with Gasteiger partial charge < -0.3 is 9.42 Å². The third-order valence-electron chi connectivity index (χ3n) is 5.88. The maximum Gasteiger partial charge on any atom is 0.257 e. The molecule has 0 bridgehead atoms. The molecule has 0 atom stereocenters. The zero-order chi connectivity index (χ0) is 22.8. The number of benzene rings is 2. The second-order valence-corrected chi connectivity index (χ2v) is 8.50. The Bertz CT molecular complexity index is 1260. The van der Waals surface area contributed by atoms with E-state index >= 15 is 0 Å². The summed E-state index contributed by atoms with van der Waals surface area (Å²) in [6, 6.07) is 15.3. The summed E-state index contributed by atoms with van der Waals surface area (Å²) in [5, 5.41) is 11.8. The van der Waals surface area contributed by atoms with Crippen molar-refractivity contribution in [2.75, 3.05) is 26.2 Å². The number of rotatable bonds is 5. The van der Waals surface area contributed by atoms with Crippen molar-refractivity contribution in [2.24, 2.45) is 0 Å². The van der Waals surface area contributed by atoms with Crippen LogP contribution in [0.2, 0.25) is 5.02 Å². The van der Waals surface area contributed by atoms with E-state index in [-0.39, 0.29) is 5.91 Å². The Morgan fingerprint density at radius 3 is 2.61 bits per heavy atom. The van der Waals surface area contributed by atoms with E-state index in [0.717, 1.165) is 29.8 Å². The van der Waals surface area contributed by atoms with Gasteiger partial charge in [0.05, 0.1) is 24.0 Å². The monoisotopic (exact) mass is 462 g/mol. The average molecular weight is 463 g/mol. The lowest BCUT2D eigenvalue weighted by atomic mass is 10.1.